The number of hydrogen-bond donors (Lipinski definition) is 1. The highest BCUT2D eigenvalue weighted by molar-refractivity contribution is 7.14. The number of nitrogens with one attached hydrogen (secondary N) is 1. The van der Waals surface area contributed by atoms with Gasteiger partial charge in [0.15, 0.2) is 0 Å². The largest absolute Gasteiger partial charge is 0.494 e. The van der Waals surface area contributed by atoms with E-state index in [1.165, 1.54) is 23.3 Å². The number of carbonyl (C=O) groups excluding carboxylic acids is 1. The van der Waals surface area contributed by atoms with Gasteiger partial charge >= 0.3 is 0 Å². The first-order valence-electron chi connectivity index (χ1n) is 9.29. The Balaban J connectivity index is 1.50. The summed E-state index contributed by atoms with van der Waals surface area (Å²) in [5, 5.41) is 4.08. The molecule has 5 heteroatoms. The van der Waals surface area contributed by atoms with E-state index in [1.807, 2.05) is 30.3 Å². The van der Waals surface area contributed by atoms with Crippen molar-refractivity contribution in [3.63, 3.8) is 0 Å². The number of aryl methyl sites for hydroxylation is 2. The number of hydrazone groups is 1. The summed E-state index contributed by atoms with van der Waals surface area (Å²) in [6.07, 6.45) is 7.34. The predicted molar refractivity (Wildman–Crippen MR) is 107 cm³/mol. The molecule has 0 aliphatic heterocycles. The van der Waals surface area contributed by atoms with Crippen LogP contribution in [0.5, 0.6) is 5.75 Å². The van der Waals surface area contributed by atoms with Crippen LogP contribution in [0.25, 0.3) is 0 Å². The fraction of sp³-hybridized carbons (Fsp3) is 0.429. The van der Waals surface area contributed by atoms with E-state index >= 15 is 0 Å². The first-order chi connectivity index (χ1) is 12.6. The number of thiophene rings is 1. The van der Waals surface area contributed by atoms with Crippen LogP contribution in [0.4, 0.5) is 0 Å². The molecular weight excluding hydrogens is 344 g/mol. The van der Waals surface area contributed by atoms with Crippen LogP contribution < -0.4 is 10.2 Å². The Morgan fingerprint density at radius 2 is 2.04 bits per heavy atom. The number of carbonyl (C=O) groups is 1. The molecular formula is C21H26N2O2S. The van der Waals surface area contributed by atoms with Crippen molar-refractivity contribution in [1.82, 2.24) is 5.43 Å². The predicted octanol–water partition coefficient (Wildman–Crippen LogP) is 4.82. The van der Waals surface area contributed by atoms with Gasteiger partial charge in [-0.1, -0.05) is 13.8 Å². The number of hydrogen-bond acceptors (Lipinski definition) is 4. The van der Waals surface area contributed by atoms with Gasteiger partial charge < -0.3 is 4.74 Å². The molecule has 4 nitrogen and oxygen atoms in total. The number of ether oxygens (including phenoxy) is 1. The Bertz CT molecular complexity index is 739. The lowest BCUT2D eigenvalue weighted by molar-refractivity contribution is 0.0959. The first kappa shape index (κ1) is 18.6. The molecule has 0 spiro atoms. The van der Waals surface area contributed by atoms with Gasteiger partial charge in [0.25, 0.3) is 5.91 Å². The summed E-state index contributed by atoms with van der Waals surface area (Å²) in [5.74, 6) is 1.37. The normalized spacial score (nSPS) is 13.8. The maximum Gasteiger partial charge on any atom is 0.281 e. The van der Waals surface area contributed by atoms with Crippen molar-refractivity contribution in [2.24, 2.45) is 11.0 Å². The topological polar surface area (TPSA) is 50.7 Å². The van der Waals surface area contributed by atoms with Crippen LogP contribution in [0.15, 0.2) is 35.4 Å². The lowest BCUT2D eigenvalue weighted by Crippen LogP contribution is -2.16. The lowest BCUT2D eigenvalue weighted by atomic mass is 9.99. The van der Waals surface area contributed by atoms with Gasteiger partial charge in [-0.05, 0) is 79.5 Å². The minimum atomic E-state index is -0.130. The standard InChI is InChI=1S/C21H26N2O2S/c1-15(2)11-12-25-18-9-7-16(8-10-18)14-22-23-21(24)20-13-17-5-3-4-6-19(17)26-20/h7-10,13-15H,3-6,11-12H2,1-2H3,(H,23,24)/b22-14-. The molecule has 3 rings (SSSR count). The quantitative estimate of drug-likeness (QED) is 0.561. The zero-order chi connectivity index (χ0) is 18.4. The van der Waals surface area contributed by atoms with Crippen molar-refractivity contribution < 1.29 is 9.53 Å². The summed E-state index contributed by atoms with van der Waals surface area (Å²) < 4.78 is 5.70. The van der Waals surface area contributed by atoms with E-state index in [0.29, 0.717) is 5.92 Å². The van der Waals surface area contributed by atoms with Crippen LogP contribution in [-0.4, -0.2) is 18.7 Å². The molecule has 0 unspecified atom stereocenters. The highest BCUT2D eigenvalue weighted by Gasteiger charge is 2.16. The van der Waals surface area contributed by atoms with Crippen molar-refractivity contribution >= 4 is 23.5 Å². The van der Waals surface area contributed by atoms with Gasteiger partial charge in [0.2, 0.25) is 0 Å². The van der Waals surface area contributed by atoms with Gasteiger partial charge in [0.05, 0.1) is 17.7 Å². The summed E-state index contributed by atoms with van der Waals surface area (Å²) in [6, 6.07) is 9.75. The summed E-state index contributed by atoms with van der Waals surface area (Å²) in [7, 11) is 0. The summed E-state index contributed by atoms with van der Waals surface area (Å²) in [5.41, 5.74) is 4.89. The van der Waals surface area contributed by atoms with Crippen LogP contribution in [0, 0.1) is 5.92 Å². The molecule has 1 aromatic heterocycles. The summed E-state index contributed by atoms with van der Waals surface area (Å²) in [6.45, 7) is 5.09. The Hall–Kier alpha value is -2.14. The molecule has 0 fully saturated rings. The van der Waals surface area contributed by atoms with E-state index in [1.54, 1.807) is 17.6 Å². The molecule has 1 aromatic carbocycles. The lowest BCUT2D eigenvalue weighted by Gasteiger charge is -2.08. The van der Waals surface area contributed by atoms with Crippen molar-refractivity contribution in [3.05, 3.63) is 51.2 Å². The van der Waals surface area contributed by atoms with Crippen LogP contribution in [0.3, 0.4) is 0 Å². The van der Waals surface area contributed by atoms with Gasteiger partial charge in [-0.25, -0.2) is 5.43 Å². The number of rotatable bonds is 7. The molecule has 2 aromatic rings. The first-order valence-corrected chi connectivity index (χ1v) is 10.1. The third kappa shape index (κ3) is 5.18. The number of nitrogens with zero attached hydrogens (tertiary/aromatic N) is 1. The average molecular weight is 371 g/mol. The summed E-state index contributed by atoms with van der Waals surface area (Å²) in [4.78, 5) is 14.4. The summed E-state index contributed by atoms with van der Waals surface area (Å²) >= 11 is 1.60. The zero-order valence-electron chi connectivity index (χ0n) is 15.5. The van der Waals surface area contributed by atoms with Crippen molar-refractivity contribution in [2.45, 2.75) is 46.0 Å². The van der Waals surface area contributed by atoms with Gasteiger partial charge in [0, 0.05) is 4.88 Å². The number of fused-ring (bicyclic) bond motifs is 1. The average Bonchev–Trinajstić information content (AvgIpc) is 3.07. The second kappa shape index (κ2) is 8.99. The van der Waals surface area contributed by atoms with E-state index in [0.717, 1.165) is 42.1 Å². The van der Waals surface area contributed by atoms with Gasteiger partial charge in [-0.3, -0.25) is 4.79 Å². The minimum absolute atomic E-state index is 0.130. The molecule has 1 aliphatic carbocycles. The Morgan fingerprint density at radius 1 is 1.27 bits per heavy atom. The van der Waals surface area contributed by atoms with E-state index in [9.17, 15) is 4.79 Å². The fourth-order valence-electron chi connectivity index (χ4n) is 2.89. The molecule has 1 amide bonds. The SMILES string of the molecule is CC(C)CCOc1ccc(/C=N\NC(=O)c2cc3c(s2)CCCC3)cc1. The highest BCUT2D eigenvalue weighted by Crippen LogP contribution is 2.29. The van der Waals surface area contributed by atoms with Crippen molar-refractivity contribution in [1.29, 1.82) is 0 Å². The monoisotopic (exact) mass is 370 g/mol. The molecule has 138 valence electrons. The molecule has 0 bridgehead atoms. The molecule has 1 heterocycles. The Kier molecular flexibility index (Phi) is 6.45. The molecule has 0 saturated carbocycles. The highest BCUT2D eigenvalue weighted by atomic mass is 32.1. The molecule has 1 N–H and O–H groups in total. The third-order valence-electron chi connectivity index (χ3n) is 4.44. The Labute approximate surface area is 159 Å². The molecule has 0 atom stereocenters. The number of amides is 1. The number of benzene rings is 1. The molecule has 0 saturated heterocycles. The molecule has 1 aliphatic rings. The van der Waals surface area contributed by atoms with Crippen LogP contribution in [0.1, 0.15) is 58.8 Å². The zero-order valence-corrected chi connectivity index (χ0v) is 16.3. The Morgan fingerprint density at radius 3 is 2.77 bits per heavy atom. The second-order valence-corrected chi connectivity index (χ2v) is 8.20. The maximum atomic E-state index is 12.2. The van der Waals surface area contributed by atoms with Gasteiger partial charge in [-0.2, -0.15) is 5.10 Å². The van der Waals surface area contributed by atoms with E-state index in [-0.39, 0.29) is 5.91 Å². The van der Waals surface area contributed by atoms with Gasteiger partial charge in [-0.15, -0.1) is 11.3 Å². The van der Waals surface area contributed by atoms with Crippen LogP contribution in [-0.2, 0) is 12.8 Å². The van der Waals surface area contributed by atoms with E-state index < -0.39 is 0 Å². The van der Waals surface area contributed by atoms with Crippen molar-refractivity contribution in [3.8, 4) is 5.75 Å². The van der Waals surface area contributed by atoms with Gasteiger partial charge in [0.1, 0.15) is 5.75 Å². The fourth-order valence-corrected chi connectivity index (χ4v) is 4.03. The third-order valence-corrected chi connectivity index (χ3v) is 5.68. The molecule has 26 heavy (non-hydrogen) atoms. The van der Waals surface area contributed by atoms with E-state index in [2.05, 4.69) is 24.4 Å². The van der Waals surface area contributed by atoms with Crippen LogP contribution in [0.2, 0.25) is 0 Å². The maximum absolute atomic E-state index is 12.2. The second-order valence-electron chi connectivity index (χ2n) is 7.07. The van der Waals surface area contributed by atoms with Crippen molar-refractivity contribution in [2.75, 3.05) is 6.61 Å². The van der Waals surface area contributed by atoms with E-state index in [4.69, 9.17) is 4.74 Å². The minimum Gasteiger partial charge on any atom is -0.494 e. The smallest absolute Gasteiger partial charge is 0.281 e. The van der Waals surface area contributed by atoms with Crippen LogP contribution >= 0.6 is 11.3 Å². The molecule has 0 radical (unpaired) electrons.